The van der Waals surface area contributed by atoms with E-state index in [9.17, 15) is 13.6 Å². The number of rotatable bonds is 7. The van der Waals surface area contributed by atoms with Crippen molar-refractivity contribution in [2.45, 2.75) is 13.0 Å². The van der Waals surface area contributed by atoms with Gasteiger partial charge in [-0.2, -0.15) is 5.10 Å². The van der Waals surface area contributed by atoms with E-state index in [-0.39, 0.29) is 17.7 Å². The summed E-state index contributed by atoms with van der Waals surface area (Å²) in [7, 11) is 0. The molecular weight excluding hydrogens is 452 g/mol. The molecule has 1 fully saturated rings. The maximum Gasteiger partial charge on any atom is 0.267 e. The molecule has 1 atom stereocenters. The van der Waals surface area contributed by atoms with Gasteiger partial charge in [0.2, 0.25) is 0 Å². The normalized spacial score (nSPS) is 15.3. The Morgan fingerprint density at radius 1 is 1.00 bits per heavy atom. The van der Waals surface area contributed by atoms with Crippen LogP contribution in [-0.4, -0.2) is 39.4 Å². The fourth-order valence-corrected chi connectivity index (χ4v) is 4.01. The van der Waals surface area contributed by atoms with Crippen LogP contribution in [0.4, 0.5) is 8.78 Å². The second-order valence-electron chi connectivity index (χ2n) is 8.49. The van der Waals surface area contributed by atoms with E-state index in [2.05, 4.69) is 20.4 Å². The Morgan fingerprint density at radius 3 is 2.54 bits per heavy atom. The van der Waals surface area contributed by atoms with Crippen molar-refractivity contribution in [2.75, 3.05) is 19.7 Å². The van der Waals surface area contributed by atoms with Crippen LogP contribution in [0, 0.1) is 17.6 Å². The van der Waals surface area contributed by atoms with Crippen LogP contribution in [0.15, 0.2) is 71.8 Å². The molecule has 0 aliphatic carbocycles. The highest BCUT2D eigenvalue weighted by Crippen LogP contribution is 2.21. The molecule has 0 bridgehead atoms. The van der Waals surface area contributed by atoms with Crippen molar-refractivity contribution >= 4 is 0 Å². The summed E-state index contributed by atoms with van der Waals surface area (Å²) in [5.74, 6) is 0.240. The highest BCUT2D eigenvalue weighted by Gasteiger charge is 2.15. The summed E-state index contributed by atoms with van der Waals surface area (Å²) in [6, 6.07) is 13.4. The Morgan fingerprint density at radius 2 is 1.80 bits per heavy atom. The minimum Gasteiger partial charge on any atom is -0.490 e. The highest BCUT2D eigenvalue weighted by atomic mass is 19.1. The van der Waals surface area contributed by atoms with Crippen LogP contribution < -0.4 is 15.6 Å². The monoisotopic (exact) mass is 475 g/mol. The van der Waals surface area contributed by atoms with E-state index in [0.717, 1.165) is 36.7 Å². The zero-order chi connectivity index (χ0) is 24.2. The molecule has 0 radical (unpaired) electrons. The van der Waals surface area contributed by atoms with Gasteiger partial charge in [-0.25, -0.2) is 23.4 Å². The number of hydrogen-bond donors (Lipinski definition) is 1. The van der Waals surface area contributed by atoms with Gasteiger partial charge in [-0.05, 0) is 42.8 Å². The van der Waals surface area contributed by atoms with E-state index in [1.54, 1.807) is 12.4 Å². The van der Waals surface area contributed by atoms with Crippen molar-refractivity contribution in [3.8, 4) is 28.4 Å². The number of hydrogen-bond acceptors (Lipinski definition) is 6. The number of aromatic nitrogens is 4. The number of ether oxygens (including phenoxy) is 1. The molecule has 5 rings (SSSR count). The maximum atomic E-state index is 13.6. The van der Waals surface area contributed by atoms with Crippen molar-refractivity contribution in [1.29, 1.82) is 0 Å². The highest BCUT2D eigenvalue weighted by molar-refractivity contribution is 5.58. The molecule has 4 aromatic rings. The van der Waals surface area contributed by atoms with Crippen LogP contribution in [-0.2, 0) is 6.54 Å². The van der Waals surface area contributed by atoms with Crippen molar-refractivity contribution in [2.24, 2.45) is 5.92 Å². The van der Waals surface area contributed by atoms with Crippen molar-refractivity contribution in [1.82, 2.24) is 25.1 Å². The van der Waals surface area contributed by atoms with Crippen LogP contribution in [0.2, 0.25) is 0 Å². The van der Waals surface area contributed by atoms with Gasteiger partial charge in [0.05, 0.1) is 31.2 Å². The van der Waals surface area contributed by atoms with E-state index in [4.69, 9.17) is 4.74 Å². The van der Waals surface area contributed by atoms with Crippen LogP contribution in [0.5, 0.6) is 5.75 Å². The zero-order valence-corrected chi connectivity index (χ0v) is 18.8. The average Bonchev–Trinajstić information content (AvgIpc) is 3.38. The first-order valence-electron chi connectivity index (χ1n) is 11.3. The number of halogens is 2. The van der Waals surface area contributed by atoms with Crippen molar-refractivity contribution < 1.29 is 13.5 Å². The molecular formula is C26H23F2N5O2. The second kappa shape index (κ2) is 10.1. The lowest BCUT2D eigenvalue weighted by atomic mass is 10.1. The Labute approximate surface area is 200 Å². The first-order valence-corrected chi connectivity index (χ1v) is 11.3. The van der Waals surface area contributed by atoms with Crippen LogP contribution in [0.25, 0.3) is 22.6 Å². The Hall–Kier alpha value is -3.98. The fourth-order valence-electron chi connectivity index (χ4n) is 4.01. The maximum absolute atomic E-state index is 13.6. The molecule has 178 valence electrons. The van der Waals surface area contributed by atoms with E-state index in [0.29, 0.717) is 29.8 Å². The molecule has 1 aliphatic rings. The molecule has 35 heavy (non-hydrogen) atoms. The van der Waals surface area contributed by atoms with Gasteiger partial charge in [0.15, 0.2) is 11.6 Å². The molecule has 1 unspecified atom stereocenters. The lowest BCUT2D eigenvalue weighted by Crippen LogP contribution is -2.22. The molecule has 1 aliphatic heterocycles. The number of benzene rings is 2. The minimum absolute atomic E-state index is 0.176. The summed E-state index contributed by atoms with van der Waals surface area (Å²) in [4.78, 5) is 21.2. The lowest BCUT2D eigenvalue weighted by Gasteiger charge is -2.11. The third kappa shape index (κ3) is 5.58. The molecule has 2 aromatic carbocycles. The smallest absolute Gasteiger partial charge is 0.267 e. The quantitative estimate of drug-likeness (QED) is 0.439. The molecule has 7 nitrogen and oxygen atoms in total. The van der Waals surface area contributed by atoms with Crippen LogP contribution in [0.3, 0.4) is 0 Å². The summed E-state index contributed by atoms with van der Waals surface area (Å²) in [6.45, 7) is 2.80. The molecule has 9 heteroatoms. The molecule has 0 saturated carbocycles. The first-order chi connectivity index (χ1) is 17.0. The molecule has 1 saturated heterocycles. The largest absolute Gasteiger partial charge is 0.490 e. The van der Waals surface area contributed by atoms with Gasteiger partial charge in [-0.1, -0.05) is 18.2 Å². The van der Waals surface area contributed by atoms with Gasteiger partial charge in [0.1, 0.15) is 11.6 Å². The van der Waals surface area contributed by atoms with Gasteiger partial charge in [-0.15, -0.1) is 0 Å². The van der Waals surface area contributed by atoms with E-state index in [1.165, 1.54) is 28.9 Å². The van der Waals surface area contributed by atoms with Gasteiger partial charge in [-0.3, -0.25) is 4.79 Å². The summed E-state index contributed by atoms with van der Waals surface area (Å²) in [6.07, 6.45) is 4.42. The third-order valence-electron chi connectivity index (χ3n) is 5.82. The van der Waals surface area contributed by atoms with Gasteiger partial charge >= 0.3 is 0 Å². The standard InChI is InChI=1S/C26H23F2N5O2/c27-21-9-20(10-22(28)11-21)24-4-5-25(34)33(32-24)15-17-2-1-3-19(8-17)26-30-13-23(14-31-26)35-16-18-6-7-29-12-18/h1-5,8-11,13-14,18,29H,6-7,12,15-16H2. The lowest BCUT2D eigenvalue weighted by molar-refractivity contribution is 0.258. The van der Waals surface area contributed by atoms with Gasteiger partial charge < -0.3 is 10.1 Å². The predicted molar refractivity (Wildman–Crippen MR) is 127 cm³/mol. The van der Waals surface area contributed by atoms with E-state index >= 15 is 0 Å². The van der Waals surface area contributed by atoms with Crippen LogP contribution in [0.1, 0.15) is 12.0 Å². The van der Waals surface area contributed by atoms with Gasteiger partial charge in [0, 0.05) is 35.7 Å². The molecule has 1 N–H and O–H groups in total. The molecule has 0 spiro atoms. The number of nitrogens with one attached hydrogen (secondary N) is 1. The molecule has 3 heterocycles. The zero-order valence-electron chi connectivity index (χ0n) is 18.8. The van der Waals surface area contributed by atoms with E-state index < -0.39 is 11.6 Å². The SMILES string of the molecule is O=c1ccc(-c2cc(F)cc(F)c2)nn1Cc1cccc(-c2ncc(OCC3CCNC3)cn2)c1. The molecule has 2 aromatic heterocycles. The Bertz CT molecular complexity index is 1370. The summed E-state index contributed by atoms with van der Waals surface area (Å²) in [5, 5.41) is 7.62. The average molecular weight is 475 g/mol. The Balaban J connectivity index is 1.32. The third-order valence-corrected chi connectivity index (χ3v) is 5.82. The summed E-state index contributed by atoms with van der Waals surface area (Å²) < 4.78 is 34.3. The summed E-state index contributed by atoms with van der Waals surface area (Å²) in [5.41, 5.74) is 1.81. The second-order valence-corrected chi connectivity index (χ2v) is 8.49. The fraction of sp³-hybridized carbons (Fsp3) is 0.231. The summed E-state index contributed by atoms with van der Waals surface area (Å²) >= 11 is 0. The van der Waals surface area contributed by atoms with Gasteiger partial charge in [0.25, 0.3) is 5.56 Å². The van der Waals surface area contributed by atoms with Crippen LogP contribution >= 0.6 is 0 Å². The predicted octanol–water partition coefficient (Wildman–Crippen LogP) is 3.68. The number of nitrogens with zero attached hydrogens (tertiary/aromatic N) is 4. The van der Waals surface area contributed by atoms with E-state index in [1.807, 2.05) is 24.3 Å². The first kappa shape index (κ1) is 22.8. The molecule has 0 amide bonds. The topological polar surface area (TPSA) is 81.9 Å². The minimum atomic E-state index is -0.709. The van der Waals surface area contributed by atoms with Crippen molar-refractivity contribution in [3.05, 3.63) is 94.5 Å². The van der Waals surface area contributed by atoms with Crippen molar-refractivity contribution in [3.63, 3.8) is 0 Å². The Kier molecular flexibility index (Phi) is 6.58.